The lowest BCUT2D eigenvalue weighted by molar-refractivity contribution is -0.119. The number of piperidine rings is 1. The van der Waals surface area contributed by atoms with Gasteiger partial charge >= 0.3 is 0 Å². The monoisotopic (exact) mass is 364 g/mol. The Kier molecular flexibility index (Phi) is 3.04. The number of carbonyl (C=O) groups is 1. The van der Waals surface area contributed by atoms with Gasteiger partial charge in [0, 0.05) is 38.4 Å². The number of fused-ring (bicyclic) bond motifs is 1. The normalized spacial score (nSPS) is 20.8. The highest BCUT2D eigenvalue weighted by molar-refractivity contribution is 9.10. The van der Waals surface area contributed by atoms with Gasteiger partial charge in [-0.15, -0.1) is 0 Å². The van der Waals surface area contributed by atoms with Crippen LogP contribution in [0.4, 0.5) is 11.8 Å². The van der Waals surface area contributed by atoms with Gasteiger partial charge in [-0.2, -0.15) is 0 Å². The molecule has 4 rings (SSSR count). The van der Waals surface area contributed by atoms with Crippen molar-refractivity contribution >= 4 is 39.1 Å². The molecule has 0 radical (unpaired) electrons. The lowest BCUT2D eigenvalue weighted by Gasteiger charge is -2.38. The number of nitrogens with two attached hydrogens (primary N) is 1. The van der Waals surface area contributed by atoms with Crippen molar-refractivity contribution in [3.8, 4) is 0 Å². The number of hydrogen-bond acceptors (Lipinski definition) is 5. The largest absolute Gasteiger partial charge is 0.382 e. The van der Waals surface area contributed by atoms with Crippen LogP contribution >= 0.6 is 15.9 Å². The van der Waals surface area contributed by atoms with Crippen LogP contribution in [-0.2, 0) is 4.79 Å². The van der Waals surface area contributed by atoms with Gasteiger partial charge in [0.1, 0.15) is 10.1 Å². The Labute approximate surface area is 136 Å². The van der Waals surface area contributed by atoms with Gasteiger partial charge in [-0.05, 0) is 34.2 Å². The van der Waals surface area contributed by atoms with E-state index in [0.29, 0.717) is 16.8 Å². The van der Waals surface area contributed by atoms with Crippen molar-refractivity contribution in [2.45, 2.75) is 19.3 Å². The van der Waals surface area contributed by atoms with E-state index in [9.17, 15) is 4.79 Å². The van der Waals surface area contributed by atoms with Gasteiger partial charge < -0.3 is 16.0 Å². The Bertz CT molecular complexity index is 749. The number of carbonyl (C=O) groups excluding carboxylic acids is 1. The maximum Gasteiger partial charge on any atom is 0.220 e. The number of rotatable bonds is 1. The third-order valence-electron chi connectivity index (χ3n) is 4.82. The van der Waals surface area contributed by atoms with Crippen molar-refractivity contribution in [2.75, 3.05) is 30.3 Å². The molecule has 0 aliphatic carbocycles. The molecule has 7 nitrogen and oxygen atoms in total. The van der Waals surface area contributed by atoms with Crippen LogP contribution in [0.25, 0.3) is 5.52 Å². The molecule has 4 heterocycles. The van der Waals surface area contributed by atoms with E-state index in [1.807, 2.05) is 10.6 Å². The molecule has 2 fully saturated rings. The second-order valence-corrected chi connectivity index (χ2v) is 6.93. The smallest absolute Gasteiger partial charge is 0.220 e. The molecule has 0 aromatic carbocycles. The van der Waals surface area contributed by atoms with E-state index in [1.54, 1.807) is 6.20 Å². The Morgan fingerprint density at radius 3 is 2.82 bits per heavy atom. The number of hydrogen-bond donors (Lipinski definition) is 2. The van der Waals surface area contributed by atoms with Gasteiger partial charge in [-0.1, -0.05) is 0 Å². The van der Waals surface area contributed by atoms with Crippen molar-refractivity contribution in [3.63, 3.8) is 0 Å². The van der Waals surface area contributed by atoms with Gasteiger partial charge in [0.25, 0.3) is 0 Å². The molecule has 1 spiro atoms. The summed E-state index contributed by atoms with van der Waals surface area (Å²) >= 11 is 3.47. The average molecular weight is 365 g/mol. The summed E-state index contributed by atoms with van der Waals surface area (Å²) in [5.41, 5.74) is 6.88. The molecule has 8 heteroatoms. The molecule has 22 heavy (non-hydrogen) atoms. The van der Waals surface area contributed by atoms with Crippen LogP contribution in [0.1, 0.15) is 19.3 Å². The third-order valence-corrected chi connectivity index (χ3v) is 5.38. The fourth-order valence-corrected chi connectivity index (χ4v) is 4.07. The molecule has 116 valence electrons. The lowest BCUT2D eigenvalue weighted by atomic mass is 9.78. The standard InChI is InChI=1S/C14H17BrN6O/c15-11-10-12(16)17-3-6-21(10)13(19-11)20-4-1-14(2-5-20)7-9(22)18-8-14/h3,6H,1-2,4-5,7-8H2,(H2,16,17)(H,18,22). The predicted molar refractivity (Wildman–Crippen MR) is 86.6 cm³/mol. The zero-order valence-electron chi connectivity index (χ0n) is 12.0. The molecule has 2 aliphatic heterocycles. The quantitative estimate of drug-likeness (QED) is 0.792. The van der Waals surface area contributed by atoms with Crippen LogP contribution < -0.4 is 16.0 Å². The summed E-state index contributed by atoms with van der Waals surface area (Å²) in [5, 5.41) is 2.97. The van der Waals surface area contributed by atoms with E-state index in [1.165, 1.54) is 0 Å². The van der Waals surface area contributed by atoms with Gasteiger partial charge in [0.05, 0.1) is 0 Å². The topological polar surface area (TPSA) is 88.5 Å². The number of aromatic nitrogens is 3. The zero-order valence-corrected chi connectivity index (χ0v) is 13.6. The van der Waals surface area contributed by atoms with Crippen molar-refractivity contribution in [2.24, 2.45) is 5.41 Å². The van der Waals surface area contributed by atoms with Gasteiger partial charge in [-0.25, -0.2) is 9.97 Å². The Morgan fingerprint density at radius 1 is 1.36 bits per heavy atom. The van der Waals surface area contributed by atoms with Crippen LogP contribution in [-0.4, -0.2) is 39.9 Å². The first-order chi connectivity index (χ1) is 10.6. The van der Waals surface area contributed by atoms with Gasteiger partial charge in [0.15, 0.2) is 5.82 Å². The molecular weight excluding hydrogens is 348 g/mol. The van der Waals surface area contributed by atoms with Crippen molar-refractivity contribution in [1.29, 1.82) is 0 Å². The fourth-order valence-electron chi connectivity index (χ4n) is 3.52. The van der Waals surface area contributed by atoms with E-state index < -0.39 is 0 Å². The third kappa shape index (κ3) is 2.05. The Balaban J connectivity index is 1.62. The molecule has 3 N–H and O–H groups in total. The molecular formula is C14H17BrN6O. The lowest BCUT2D eigenvalue weighted by Crippen LogP contribution is -2.42. The number of halogens is 1. The van der Waals surface area contributed by atoms with Crippen LogP contribution in [0.5, 0.6) is 0 Å². The first-order valence-corrected chi connectivity index (χ1v) is 8.17. The highest BCUT2D eigenvalue weighted by Gasteiger charge is 2.41. The van der Waals surface area contributed by atoms with Crippen LogP contribution in [0.2, 0.25) is 0 Å². The molecule has 2 aliphatic rings. The Hall–Kier alpha value is -1.83. The molecule has 1 amide bonds. The number of amides is 1. The second kappa shape index (κ2) is 4.84. The fraction of sp³-hybridized carbons (Fsp3) is 0.500. The van der Waals surface area contributed by atoms with E-state index in [2.05, 4.69) is 36.1 Å². The summed E-state index contributed by atoms with van der Waals surface area (Å²) in [4.78, 5) is 22.5. The minimum absolute atomic E-state index is 0.137. The molecule has 0 unspecified atom stereocenters. The first kappa shape index (κ1) is 13.8. The summed E-state index contributed by atoms with van der Waals surface area (Å²) in [6.45, 7) is 2.59. The summed E-state index contributed by atoms with van der Waals surface area (Å²) in [6.07, 6.45) is 6.22. The van der Waals surface area contributed by atoms with Crippen LogP contribution in [0.15, 0.2) is 17.0 Å². The molecule has 2 saturated heterocycles. The minimum atomic E-state index is 0.137. The Morgan fingerprint density at radius 2 is 2.14 bits per heavy atom. The maximum atomic E-state index is 11.5. The zero-order chi connectivity index (χ0) is 15.3. The molecule has 0 bridgehead atoms. The number of nitrogen functional groups attached to an aromatic ring is 1. The molecule has 0 saturated carbocycles. The summed E-state index contributed by atoms with van der Waals surface area (Å²) in [6, 6.07) is 0. The number of anilines is 2. The summed E-state index contributed by atoms with van der Waals surface area (Å²) < 4.78 is 2.69. The van der Waals surface area contributed by atoms with E-state index in [0.717, 1.165) is 43.9 Å². The average Bonchev–Trinajstić information content (AvgIpc) is 3.03. The number of imidazole rings is 1. The number of nitrogens with zero attached hydrogens (tertiary/aromatic N) is 4. The number of nitrogens with one attached hydrogen (secondary N) is 1. The van der Waals surface area contributed by atoms with Gasteiger partial charge in [-0.3, -0.25) is 9.20 Å². The van der Waals surface area contributed by atoms with Crippen molar-refractivity contribution < 1.29 is 4.79 Å². The first-order valence-electron chi connectivity index (χ1n) is 7.38. The SMILES string of the molecule is Nc1nccn2c(N3CCC4(CC3)CNC(=O)C4)nc(Br)c12. The maximum absolute atomic E-state index is 11.5. The second-order valence-electron chi connectivity index (χ2n) is 6.17. The molecule has 0 atom stereocenters. The summed E-state index contributed by atoms with van der Waals surface area (Å²) in [7, 11) is 0. The molecule has 2 aromatic heterocycles. The highest BCUT2D eigenvalue weighted by Crippen LogP contribution is 2.39. The van der Waals surface area contributed by atoms with Crippen LogP contribution in [0, 0.1) is 5.41 Å². The van der Waals surface area contributed by atoms with Gasteiger partial charge in [0.2, 0.25) is 11.9 Å². The predicted octanol–water partition coefficient (Wildman–Crippen LogP) is 1.18. The van der Waals surface area contributed by atoms with E-state index in [-0.39, 0.29) is 11.3 Å². The highest BCUT2D eigenvalue weighted by atomic mass is 79.9. The van der Waals surface area contributed by atoms with E-state index in [4.69, 9.17) is 5.73 Å². The summed E-state index contributed by atoms with van der Waals surface area (Å²) in [5.74, 6) is 1.52. The van der Waals surface area contributed by atoms with Crippen LogP contribution in [0.3, 0.4) is 0 Å². The van der Waals surface area contributed by atoms with Crippen molar-refractivity contribution in [1.82, 2.24) is 19.7 Å². The van der Waals surface area contributed by atoms with Crippen molar-refractivity contribution in [3.05, 3.63) is 17.0 Å². The molecule has 2 aromatic rings. The minimum Gasteiger partial charge on any atom is -0.382 e. The van der Waals surface area contributed by atoms with E-state index >= 15 is 0 Å².